The Morgan fingerprint density at radius 2 is 1.84 bits per heavy atom. The van der Waals surface area contributed by atoms with Gasteiger partial charge in [-0.15, -0.1) is 11.3 Å². The van der Waals surface area contributed by atoms with Crippen molar-refractivity contribution in [2.75, 3.05) is 0 Å². The third kappa shape index (κ3) is 3.50. The molecule has 0 atom stereocenters. The molecule has 1 aromatic rings. The molecule has 0 aliphatic heterocycles. The van der Waals surface area contributed by atoms with E-state index in [4.69, 9.17) is 0 Å². The molecule has 2 N–H and O–H groups in total. The zero-order valence-electron chi connectivity index (χ0n) is 12.1. The number of carbonyl (C=O) groups excluding carboxylic acids is 1. The molecule has 0 bridgehead atoms. The van der Waals surface area contributed by atoms with Crippen LogP contribution >= 0.6 is 11.3 Å². The van der Waals surface area contributed by atoms with E-state index in [1.54, 1.807) is 10.8 Å². The Morgan fingerprint density at radius 1 is 1.26 bits per heavy atom. The van der Waals surface area contributed by atoms with Gasteiger partial charge in [-0.1, -0.05) is 27.7 Å². The predicted molar refractivity (Wildman–Crippen MR) is 78.7 cm³/mol. The van der Waals surface area contributed by atoms with Gasteiger partial charge in [-0.25, -0.2) is 0 Å². The maximum atomic E-state index is 12.2. The Bertz CT molecular complexity index is 460. The van der Waals surface area contributed by atoms with Crippen molar-refractivity contribution < 1.29 is 9.90 Å². The molecule has 1 aromatic heterocycles. The van der Waals surface area contributed by atoms with Crippen LogP contribution in [0.1, 0.15) is 57.3 Å². The molecular weight excluding hydrogens is 258 g/mol. The summed E-state index contributed by atoms with van der Waals surface area (Å²) in [7, 11) is 0. The first-order valence-electron chi connectivity index (χ1n) is 6.75. The third-order valence-corrected chi connectivity index (χ3v) is 4.51. The Kier molecular flexibility index (Phi) is 3.65. The van der Waals surface area contributed by atoms with Crippen molar-refractivity contribution in [3.05, 3.63) is 16.3 Å². The molecule has 0 unspecified atom stereocenters. The van der Waals surface area contributed by atoms with E-state index in [9.17, 15) is 9.90 Å². The summed E-state index contributed by atoms with van der Waals surface area (Å²) in [5.74, 6) is -0.0749. The summed E-state index contributed by atoms with van der Waals surface area (Å²) < 4.78 is 0. The van der Waals surface area contributed by atoms with Gasteiger partial charge in [-0.3, -0.25) is 4.79 Å². The highest BCUT2D eigenvalue weighted by atomic mass is 32.1. The minimum absolute atomic E-state index is 0.0804. The molecule has 3 nitrogen and oxygen atoms in total. The van der Waals surface area contributed by atoms with Crippen LogP contribution in [0.5, 0.6) is 5.75 Å². The minimum atomic E-state index is -0.155. The fraction of sp³-hybridized carbons (Fsp3) is 0.667. The van der Waals surface area contributed by atoms with Gasteiger partial charge in [0.2, 0.25) is 0 Å². The quantitative estimate of drug-likeness (QED) is 0.866. The molecule has 0 radical (unpaired) electrons. The summed E-state index contributed by atoms with van der Waals surface area (Å²) in [6, 6.07) is 0.186. The number of hydrogen-bond donors (Lipinski definition) is 2. The lowest BCUT2D eigenvalue weighted by Crippen LogP contribution is -2.45. The fourth-order valence-corrected chi connectivity index (χ4v) is 4.36. The van der Waals surface area contributed by atoms with Crippen molar-refractivity contribution in [3.63, 3.8) is 0 Å². The van der Waals surface area contributed by atoms with Crippen molar-refractivity contribution in [2.24, 2.45) is 10.8 Å². The number of aromatic hydroxyl groups is 1. The van der Waals surface area contributed by atoms with Gasteiger partial charge in [0.25, 0.3) is 5.91 Å². The molecule has 0 aromatic carbocycles. The molecule has 1 aliphatic rings. The van der Waals surface area contributed by atoms with Crippen molar-refractivity contribution in [3.8, 4) is 5.75 Å². The Balaban J connectivity index is 2.07. The van der Waals surface area contributed by atoms with Crippen LogP contribution in [0.3, 0.4) is 0 Å². The van der Waals surface area contributed by atoms with Gasteiger partial charge in [-0.05, 0) is 30.1 Å². The van der Waals surface area contributed by atoms with Crippen LogP contribution in [0.25, 0.3) is 0 Å². The average molecular weight is 281 g/mol. The number of amides is 1. The largest absolute Gasteiger partial charge is 0.506 e. The fourth-order valence-electron chi connectivity index (χ4n) is 3.67. The molecule has 106 valence electrons. The van der Waals surface area contributed by atoms with E-state index in [1.807, 2.05) is 0 Å². The molecule has 1 fully saturated rings. The van der Waals surface area contributed by atoms with Crippen LogP contribution in [-0.2, 0) is 0 Å². The zero-order valence-corrected chi connectivity index (χ0v) is 12.9. The van der Waals surface area contributed by atoms with E-state index in [0.717, 1.165) is 12.8 Å². The van der Waals surface area contributed by atoms with Gasteiger partial charge in [0.15, 0.2) is 0 Å². The highest BCUT2D eigenvalue weighted by molar-refractivity contribution is 7.08. The van der Waals surface area contributed by atoms with Crippen LogP contribution in [-0.4, -0.2) is 17.1 Å². The first kappa shape index (κ1) is 14.4. The molecule has 0 spiro atoms. The van der Waals surface area contributed by atoms with Gasteiger partial charge in [0.05, 0.1) is 5.56 Å². The maximum Gasteiger partial charge on any atom is 0.256 e. The molecule has 1 aliphatic carbocycles. The summed E-state index contributed by atoms with van der Waals surface area (Å²) in [6.45, 7) is 9.04. The second kappa shape index (κ2) is 4.82. The van der Waals surface area contributed by atoms with Crippen molar-refractivity contribution in [2.45, 2.75) is 53.0 Å². The molecule has 1 heterocycles. The molecule has 19 heavy (non-hydrogen) atoms. The highest BCUT2D eigenvalue weighted by Gasteiger charge is 2.39. The third-order valence-electron chi connectivity index (χ3n) is 3.78. The normalized spacial score (nSPS) is 22.1. The number of nitrogens with one attached hydrogen (secondary N) is 1. The molecule has 1 saturated carbocycles. The lowest BCUT2D eigenvalue weighted by atomic mass is 9.63. The summed E-state index contributed by atoms with van der Waals surface area (Å²) >= 11 is 1.35. The number of carbonyl (C=O) groups is 1. The van der Waals surface area contributed by atoms with E-state index in [1.165, 1.54) is 17.8 Å². The smallest absolute Gasteiger partial charge is 0.256 e. The standard InChI is InChI=1S/C15H23NO2S/c1-14(2)5-10(6-15(3,4)9-14)16-13(18)11-7-19-8-12(11)17/h7-8,10,17H,5-6,9H2,1-4H3,(H,16,18). The molecule has 2 rings (SSSR count). The lowest BCUT2D eigenvalue weighted by molar-refractivity contribution is 0.0712. The summed E-state index contributed by atoms with van der Waals surface area (Å²) in [5, 5.41) is 16.0. The monoisotopic (exact) mass is 281 g/mol. The van der Waals surface area contributed by atoms with E-state index in [-0.39, 0.29) is 28.5 Å². The number of thiophene rings is 1. The van der Waals surface area contributed by atoms with E-state index in [0.29, 0.717) is 5.56 Å². The highest BCUT2D eigenvalue weighted by Crippen LogP contribution is 2.45. The van der Waals surface area contributed by atoms with Gasteiger partial charge in [0.1, 0.15) is 5.75 Å². The van der Waals surface area contributed by atoms with Crippen molar-refractivity contribution >= 4 is 17.2 Å². The summed E-state index contributed by atoms with van der Waals surface area (Å²) in [4.78, 5) is 12.2. The van der Waals surface area contributed by atoms with Crippen LogP contribution < -0.4 is 5.32 Å². The first-order chi connectivity index (χ1) is 8.69. The van der Waals surface area contributed by atoms with E-state index < -0.39 is 0 Å². The van der Waals surface area contributed by atoms with Crippen LogP contribution in [0.15, 0.2) is 10.8 Å². The summed E-state index contributed by atoms with van der Waals surface area (Å²) in [5.41, 5.74) is 0.887. The Hall–Kier alpha value is -1.03. The van der Waals surface area contributed by atoms with E-state index >= 15 is 0 Å². The molecule has 4 heteroatoms. The van der Waals surface area contributed by atoms with Gasteiger partial charge < -0.3 is 10.4 Å². The number of hydrogen-bond acceptors (Lipinski definition) is 3. The molecular formula is C15H23NO2S. The topological polar surface area (TPSA) is 49.3 Å². The maximum absolute atomic E-state index is 12.2. The lowest BCUT2D eigenvalue weighted by Gasteiger charge is -2.45. The van der Waals surface area contributed by atoms with Crippen LogP contribution in [0, 0.1) is 10.8 Å². The van der Waals surface area contributed by atoms with Gasteiger partial charge >= 0.3 is 0 Å². The Morgan fingerprint density at radius 3 is 2.32 bits per heavy atom. The minimum Gasteiger partial charge on any atom is -0.506 e. The average Bonchev–Trinajstić information content (AvgIpc) is 2.58. The van der Waals surface area contributed by atoms with Gasteiger partial charge in [-0.2, -0.15) is 0 Å². The SMILES string of the molecule is CC1(C)CC(NC(=O)c2cscc2O)CC(C)(C)C1. The first-order valence-corrected chi connectivity index (χ1v) is 7.69. The van der Waals surface area contributed by atoms with E-state index in [2.05, 4.69) is 33.0 Å². The number of rotatable bonds is 2. The zero-order chi connectivity index (χ0) is 14.3. The second-order valence-corrected chi connectivity index (χ2v) is 8.00. The Labute approximate surface area is 119 Å². The predicted octanol–water partition coefficient (Wildman–Crippen LogP) is 3.79. The molecule has 1 amide bonds. The van der Waals surface area contributed by atoms with Crippen molar-refractivity contribution in [1.29, 1.82) is 0 Å². The molecule has 0 saturated heterocycles. The van der Waals surface area contributed by atoms with Gasteiger partial charge in [0, 0.05) is 16.8 Å². The van der Waals surface area contributed by atoms with Crippen molar-refractivity contribution in [1.82, 2.24) is 5.32 Å². The second-order valence-electron chi connectivity index (χ2n) is 7.25. The van der Waals surface area contributed by atoms with Crippen LogP contribution in [0.2, 0.25) is 0 Å². The van der Waals surface area contributed by atoms with Crippen LogP contribution in [0.4, 0.5) is 0 Å². The summed E-state index contributed by atoms with van der Waals surface area (Å²) in [6.07, 6.45) is 3.16.